The SMILES string of the molecule is O=[N+]([O-])c1cccc(C#CCl)c1. The molecule has 0 saturated heterocycles. The van der Waals surface area contributed by atoms with E-state index in [-0.39, 0.29) is 5.69 Å². The Kier molecular flexibility index (Phi) is 2.67. The first kappa shape index (κ1) is 8.57. The normalized spacial score (nSPS) is 8.42. The predicted octanol–water partition coefficient (Wildman–Crippen LogP) is 2.14. The zero-order valence-electron chi connectivity index (χ0n) is 5.95. The average Bonchev–Trinajstić information content (AvgIpc) is 2.05. The van der Waals surface area contributed by atoms with Gasteiger partial charge in [-0.1, -0.05) is 6.07 Å². The number of hydrogen-bond donors (Lipinski definition) is 0. The van der Waals surface area contributed by atoms with Crippen molar-refractivity contribution in [2.75, 3.05) is 0 Å². The van der Waals surface area contributed by atoms with E-state index in [9.17, 15) is 10.1 Å². The van der Waals surface area contributed by atoms with Gasteiger partial charge in [0.05, 0.1) is 4.92 Å². The summed E-state index contributed by atoms with van der Waals surface area (Å²) in [5.74, 6) is 2.51. The molecule has 3 nitrogen and oxygen atoms in total. The number of hydrogen-bond acceptors (Lipinski definition) is 2. The minimum absolute atomic E-state index is 0.0203. The van der Waals surface area contributed by atoms with Crippen LogP contribution in [0.1, 0.15) is 5.56 Å². The van der Waals surface area contributed by atoms with Crippen LogP contribution in [0.4, 0.5) is 5.69 Å². The average molecular weight is 182 g/mol. The maximum Gasteiger partial charge on any atom is 0.270 e. The first-order valence-corrected chi connectivity index (χ1v) is 3.48. The van der Waals surface area contributed by atoms with Crippen molar-refractivity contribution in [3.05, 3.63) is 39.9 Å². The summed E-state index contributed by atoms with van der Waals surface area (Å²) in [7, 11) is 0. The van der Waals surface area contributed by atoms with Crippen LogP contribution in [0.15, 0.2) is 24.3 Å². The number of rotatable bonds is 1. The van der Waals surface area contributed by atoms with E-state index in [1.807, 2.05) is 0 Å². The Morgan fingerprint density at radius 1 is 1.50 bits per heavy atom. The van der Waals surface area contributed by atoms with Gasteiger partial charge >= 0.3 is 0 Å². The third kappa shape index (κ3) is 1.97. The van der Waals surface area contributed by atoms with Crippen molar-refractivity contribution in [3.63, 3.8) is 0 Å². The Labute approximate surface area is 74.1 Å². The van der Waals surface area contributed by atoms with Crippen molar-refractivity contribution in [1.82, 2.24) is 0 Å². The van der Waals surface area contributed by atoms with Gasteiger partial charge in [0.2, 0.25) is 0 Å². The molecule has 0 amide bonds. The van der Waals surface area contributed by atoms with Crippen molar-refractivity contribution in [2.24, 2.45) is 0 Å². The molecule has 0 N–H and O–H groups in total. The van der Waals surface area contributed by atoms with Crippen LogP contribution in [0.5, 0.6) is 0 Å². The van der Waals surface area contributed by atoms with Crippen LogP contribution in [0.25, 0.3) is 0 Å². The fourth-order valence-electron chi connectivity index (χ4n) is 0.752. The summed E-state index contributed by atoms with van der Waals surface area (Å²) in [4.78, 5) is 9.81. The summed E-state index contributed by atoms with van der Waals surface area (Å²) < 4.78 is 0. The lowest BCUT2D eigenvalue weighted by Gasteiger charge is -1.90. The van der Waals surface area contributed by atoms with Crippen LogP contribution in [-0.2, 0) is 0 Å². The molecule has 1 aromatic carbocycles. The summed E-state index contributed by atoms with van der Waals surface area (Å²) in [5, 5.41) is 12.4. The summed E-state index contributed by atoms with van der Waals surface area (Å²) >= 11 is 5.14. The summed E-state index contributed by atoms with van der Waals surface area (Å²) in [6.45, 7) is 0. The molecular weight excluding hydrogens is 178 g/mol. The van der Waals surface area contributed by atoms with Gasteiger partial charge in [-0.3, -0.25) is 10.1 Å². The largest absolute Gasteiger partial charge is 0.270 e. The van der Waals surface area contributed by atoms with E-state index in [2.05, 4.69) is 11.3 Å². The molecule has 0 heterocycles. The molecule has 4 heteroatoms. The molecule has 60 valence electrons. The molecule has 0 radical (unpaired) electrons. The molecule has 12 heavy (non-hydrogen) atoms. The highest BCUT2D eigenvalue weighted by Crippen LogP contribution is 2.11. The molecule has 0 aliphatic carbocycles. The van der Waals surface area contributed by atoms with Crippen LogP contribution in [0.3, 0.4) is 0 Å². The Hall–Kier alpha value is -1.53. The molecule has 0 saturated carbocycles. The molecular formula is C8H4ClNO2. The van der Waals surface area contributed by atoms with Gasteiger partial charge in [0.1, 0.15) is 0 Å². The van der Waals surface area contributed by atoms with Crippen molar-refractivity contribution < 1.29 is 4.92 Å². The van der Waals surface area contributed by atoms with Gasteiger partial charge in [0, 0.05) is 23.1 Å². The Morgan fingerprint density at radius 2 is 2.25 bits per heavy atom. The number of non-ortho nitro benzene ring substituents is 1. The molecule has 0 atom stereocenters. The molecule has 0 bridgehead atoms. The summed E-state index contributed by atoms with van der Waals surface area (Å²) in [6.07, 6.45) is 0. The highest BCUT2D eigenvalue weighted by atomic mass is 35.5. The molecule has 0 aromatic heterocycles. The van der Waals surface area contributed by atoms with Crippen molar-refractivity contribution in [1.29, 1.82) is 0 Å². The second-order valence-corrected chi connectivity index (χ2v) is 2.22. The maximum absolute atomic E-state index is 10.3. The minimum Gasteiger partial charge on any atom is -0.258 e. The van der Waals surface area contributed by atoms with Crippen LogP contribution < -0.4 is 0 Å². The Bertz CT molecular complexity index is 365. The van der Waals surface area contributed by atoms with E-state index < -0.39 is 4.92 Å². The highest BCUT2D eigenvalue weighted by Gasteiger charge is 2.03. The molecule has 0 aliphatic rings. The smallest absolute Gasteiger partial charge is 0.258 e. The van der Waals surface area contributed by atoms with Crippen LogP contribution in [0.2, 0.25) is 0 Å². The van der Waals surface area contributed by atoms with E-state index in [1.165, 1.54) is 12.1 Å². The van der Waals surface area contributed by atoms with Gasteiger partial charge in [-0.2, -0.15) is 0 Å². The van der Waals surface area contributed by atoms with Gasteiger partial charge in [0.25, 0.3) is 5.69 Å². The zero-order valence-corrected chi connectivity index (χ0v) is 6.71. The number of benzene rings is 1. The van der Waals surface area contributed by atoms with E-state index in [1.54, 1.807) is 12.1 Å². The zero-order chi connectivity index (χ0) is 8.97. The lowest BCUT2D eigenvalue weighted by molar-refractivity contribution is -0.384. The molecule has 0 spiro atoms. The van der Waals surface area contributed by atoms with Crippen LogP contribution >= 0.6 is 11.6 Å². The summed E-state index contributed by atoms with van der Waals surface area (Å²) in [6, 6.07) is 5.99. The van der Waals surface area contributed by atoms with Gasteiger partial charge in [-0.05, 0) is 23.6 Å². The van der Waals surface area contributed by atoms with Crippen LogP contribution in [0, 0.1) is 21.4 Å². The Balaban J connectivity index is 3.09. The third-order valence-electron chi connectivity index (χ3n) is 1.25. The van der Waals surface area contributed by atoms with Gasteiger partial charge in [-0.25, -0.2) is 0 Å². The van der Waals surface area contributed by atoms with E-state index in [4.69, 9.17) is 11.6 Å². The second-order valence-electron chi connectivity index (χ2n) is 2.03. The van der Waals surface area contributed by atoms with Crippen molar-refractivity contribution in [3.8, 4) is 11.3 Å². The molecule has 1 aromatic rings. The standard InChI is InChI=1S/C8H4ClNO2/c9-5-4-7-2-1-3-8(6-7)10(11)12/h1-3,6H. The van der Waals surface area contributed by atoms with Gasteiger partial charge in [0.15, 0.2) is 0 Å². The van der Waals surface area contributed by atoms with Crippen molar-refractivity contribution in [2.45, 2.75) is 0 Å². The second kappa shape index (κ2) is 3.74. The van der Waals surface area contributed by atoms with Crippen LogP contribution in [-0.4, -0.2) is 4.92 Å². The number of nitro benzene ring substituents is 1. The quantitative estimate of drug-likeness (QED) is 0.379. The lowest BCUT2D eigenvalue weighted by atomic mass is 10.2. The van der Waals surface area contributed by atoms with E-state index >= 15 is 0 Å². The number of nitrogens with zero attached hydrogens (tertiary/aromatic N) is 1. The molecule has 0 unspecified atom stereocenters. The maximum atomic E-state index is 10.3. The summed E-state index contributed by atoms with van der Waals surface area (Å²) in [5.41, 5.74) is 0.561. The first-order chi connectivity index (χ1) is 5.74. The number of halogens is 1. The monoisotopic (exact) mass is 181 g/mol. The van der Waals surface area contributed by atoms with Crippen molar-refractivity contribution >= 4 is 17.3 Å². The lowest BCUT2D eigenvalue weighted by Crippen LogP contribution is -1.87. The molecule has 0 aliphatic heterocycles. The first-order valence-electron chi connectivity index (χ1n) is 3.10. The van der Waals surface area contributed by atoms with E-state index in [0.717, 1.165) is 0 Å². The molecule has 0 fully saturated rings. The molecule has 1 rings (SSSR count). The van der Waals surface area contributed by atoms with Gasteiger partial charge < -0.3 is 0 Å². The number of nitro groups is 1. The highest BCUT2D eigenvalue weighted by molar-refractivity contribution is 6.30. The van der Waals surface area contributed by atoms with E-state index in [0.29, 0.717) is 5.56 Å². The van der Waals surface area contributed by atoms with Gasteiger partial charge in [-0.15, -0.1) is 0 Å². The topological polar surface area (TPSA) is 43.1 Å². The predicted molar refractivity (Wildman–Crippen MR) is 45.8 cm³/mol. The Morgan fingerprint density at radius 3 is 2.83 bits per heavy atom. The minimum atomic E-state index is -0.473. The fourth-order valence-corrected chi connectivity index (χ4v) is 0.861. The fraction of sp³-hybridized carbons (Fsp3) is 0. The third-order valence-corrected chi connectivity index (χ3v) is 1.34.